The first kappa shape index (κ1) is 18.8. The van der Waals surface area contributed by atoms with E-state index in [-0.39, 0.29) is 24.1 Å². The minimum Gasteiger partial charge on any atom is -0.484 e. The molecule has 0 spiro atoms. The number of nitrogens with one attached hydrogen (secondary N) is 1. The van der Waals surface area contributed by atoms with Gasteiger partial charge in [-0.1, -0.05) is 23.4 Å². The van der Waals surface area contributed by atoms with Crippen LogP contribution in [0.4, 0.5) is 5.69 Å². The molecule has 0 aliphatic carbocycles. The van der Waals surface area contributed by atoms with Crippen LogP contribution in [0.15, 0.2) is 65.7 Å². The molecular formula is C19H16N4O5. The van der Waals surface area contributed by atoms with Crippen molar-refractivity contribution in [3.63, 3.8) is 0 Å². The monoisotopic (exact) mass is 380 g/mol. The highest BCUT2D eigenvalue weighted by atomic mass is 16.6. The number of nitro benzene ring substituents is 1. The zero-order valence-corrected chi connectivity index (χ0v) is 14.7. The van der Waals surface area contributed by atoms with E-state index in [9.17, 15) is 14.9 Å². The summed E-state index contributed by atoms with van der Waals surface area (Å²) in [7, 11) is 0. The first-order chi connectivity index (χ1) is 13.6. The smallest absolute Gasteiger partial charge is 0.269 e. The van der Waals surface area contributed by atoms with Crippen LogP contribution < -0.4 is 10.1 Å². The summed E-state index contributed by atoms with van der Waals surface area (Å²) in [6, 6.07) is 12.7. The van der Waals surface area contributed by atoms with Crippen LogP contribution in [0.2, 0.25) is 0 Å². The lowest BCUT2D eigenvalue weighted by atomic mass is 10.2. The molecule has 1 N–H and O–H groups in total. The molecule has 0 radical (unpaired) electrons. The lowest BCUT2D eigenvalue weighted by Gasteiger charge is -2.06. The van der Waals surface area contributed by atoms with Crippen molar-refractivity contribution in [3.8, 4) is 28.6 Å². The topological polar surface area (TPSA) is 120 Å². The van der Waals surface area contributed by atoms with Crippen molar-refractivity contribution in [2.45, 2.75) is 0 Å². The van der Waals surface area contributed by atoms with Gasteiger partial charge in [0, 0.05) is 29.8 Å². The highest BCUT2D eigenvalue weighted by Gasteiger charge is 2.13. The van der Waals surface area contributed by atoms with E-state index in [1.54, 1.807) is 30.3 Å². The molecule has 1 amide bonds. The Kier molecular flexibility index (Phi) is 5.75. The van der Waals surface area contributed by atoms with Gasteiger partial charge in [-0.05, 0) is 24.3 Å². The van der Waals surface area contributed by atoms with Crippen molar-refractivity contribution in [1.82, 2.24) is 15.5 Å². The Morgan fingerprint density at radius 1 is 1.25 bits per heavy atom. The lowest BCUT2D eigenvalue weighted by molar-refractivity contribution is -0.384. The molecule has 0 aliphatic rings. The van der Waals surface area contributed by atoms with Crippen LogP contribution in [0.1, 0.15) is 0 Å². The molecule has 1 heterocycles. The van der Waals surface area contributed by atoms with Crippen LogP contribution in [0, 0.1) is 10.1 Å². The Morgan fingerprint density at radius 2 is 2.04 bits per heavy atom. The molecule has 142 valence electrons. The number of amides is 1. The van der Waals surface area contributed by atoms with Crippen LogP contribution in [0.25, 0.3) is 22.8 Å². The molecule has 0 bridgehead atoms. The van der Waals surface area contributed by atoms with Gasteiger partial charge in [0.05, 0.1) is 4.92 Å². The van der Waals surface area contributed by atoms with Crippen LogP contribution in [-0.2, 0) is 4.79 Å². The maximum Gasteiger partial charge on any atom is 0.269 e. The number of hydrogen-bond donors (Lipinski definition) is 1. The Balaban J connectivity index is 1.71. The van der Waals surface area contributed by atoms with Crippen molar-refractivity contribution in [2.75, 3.05) is 13.2 Å². The van der Waals surface area contributed by atoms with E-state index in [1.807, 2.05) is 0 Å². The van der Waals surface area contributed by atoms with Crippen molar-refractivity contribution in [1.29, 1.82) is 0 Å². The van der Waals surface area contributed by atoms with Gasteiger partial charge in [-0.25, -0.2) is 0 Å². The van der Waals surface area contributed by atoms with Gasteiger partial charge in [0.2, 0.25) is 5.82 Å². The molecule has 3 aromatic rings. The number of ether oxygens (including phenoxy) is 1. The van der Waals surface area contributed by atoms with Gasteiger partial charge < -0.3 is 14.6 Å². The quantitative estimate of drug-likeness (QED) is 0.362. The first-order valence-corrected chi connectivity index (χ1v) is 8.26. The first-order valence-electron chi connectivity index (χ1n) is 8.26. The lowest BCUT2D eigenvalue weighted by Crippen LogP contribution is -2.28. The molecule has 0 aliphatic heterocycles. The average Bonchev–Trinajstić information content (AvgIpc) is 3.21. The molecule has 9 nitrogen and oxygen atoms in total. The molecule has 0 saturated carbocycles. The fourth-order valence-corrected chi connectivity index (χ4v) is 2.29. The molecule has 9 heteroatoms. The average molecular weight is 380 g/mol. The summed E-state index contributed by atoms with van der Waals surface area (Å²) < 4.78 is 10.7. The second kappa shape index (κ2) is 8.58. The number of hydrogen-bond acceptors (Lipinski definition) is 7. The van der Waals surface area contributed by atoms with E-state index >= 15 is 0 Å². The zero-order valence-electron chi connectivity index (χ0n) is 14.7. The van der Waals surface area contributed by atoms with Crippen molar-refractivity contribution in [2.24, 2.45) is 0 Å². The van der Waals surface area contributed by atoms with Gasteiger partial charge in [-0.2, -0.15) is 4.98 Å². The van der Waals surface area contributed by atoms with E-state index in [0.717, 1.165) is 0 Å². The second-order valence-corrected chi connectivity index (χ2v) is 5.64. The largest absolute Gasteiger partial charge is 0.484 e. The van der Waals surface area contributed by atoms with Gasteiger partial charge in [0.1, 0.15) is 5.75 Å². The molecular weight excluding hydrogens is 364 g/mol. The normalized spacial score (nSPS) is 10.3. The highest BCUT2D eigenvalue weighted by Crippen LogP contribution is 2.26. The Labute approximate surface area is 159 Å². The Bertz CT molecular complexity index is 998. The third kappa shape index (κ3) is 4.58. The zero-order chi connectivity index (χ0) is 19.9. The number of carbonyl (C=O) groups excluding carboxylic acids is 1. The molecule has 28 heavy (non-hydrogen) atoms. The summed E-state index contributed by atoms with van der Waals surface area (Å²) in [5, 5.41) is 17.3. The van der Waals surface area contributed by atoms with Crippen LogP contribution in [0.5, 0.6) is 5.75 Å². The number of carbonyl (C=O) groups is 1. The standard InChI is InChI=1S/C19H16N4O5/c1-2-10-20-17(24)12-27-16-5-3-4-14(11-16)18-21-19(28-22-18)13-6-8-15(9-7-13)23(25)26/h2-9,11H,1,10,12H2,(H,20,24). The van der Waals surface area contributed by atoms with E-state index in [1.165, 1.54) is 24.3 Å². The molecule has 3 rings (SSSR count). The molecule has 0 unspecified atom stereocenters. The van der Waals surface area contributed by atoms with Crippen molar-refractivity contribution < 1.29 is 19.0 Å². The predicted molar refractivity (Wildman–Crippen MR) is 101 cm³/mol. The maximum atomic E-state index is 11.6. The Morgan fingerprint density at radius 3 is 2.75 bits per heavy atom. The molecule has 2 aromatic carbocycles. The van der Waals surface area contributed by atoms with Gasteiger partial charge in [-0.15, -0.1) is 6.58 Å². The SMILES string of the molecule is C=CCNC(=O)COc1cccc(-c2noc(-c3ccc([N+](=O)[O-])cc3)n2)c1. The van der Waals surface area contributed by atoms with Gasteiger partial charge in [0.15, 0.2) is 6.61 Å². The summed E-state index contributed by atoms with van der Waals surface area (Å²) in [5.74, 6) is 0.785. The minimum absolute atomic E-state index is 0.0227. The fourth-order valence-electron chi connectivity index (χ4n) is 2.29. The van der Waals surface area contributed by atoms with Crippen molar-refractivity contribution >= 4 is 11.6 Å². The molecule has 1 aromatic heterocycles. The van der Waals surface area contributed by atoms with E-state index in [4.69, 9.17) is 9.26 Å². The van der Waals surface area contributed by atoms with Gasteiger partial charge >= 0.3 is 0 Å². The number of non-ortho nitro benzene ring substituents is 1. The molecule has 0 fully saturated rings. The van der Waals surface area contributed by atoms with E-state index < -0.39 is 4.92 Å². The summed E-state index contributed by atoms with van der Waals surface area (Å²) in [4.78, 5) is 26.1. The number of aromatic nitrogens is 2. The minimum atomic E-state index is -0.480. The second-order valence-electron chi connectivity index (χ2n) is 5.64. The summed E-state index contributed by atoms with van der Waals surface area (Å²) in [5.41, 5.74) is 1.18. The van der Waals surface area contributed by atoms with E-state index in [2.05, 4.69) is 22.0 Å². The summed E-state index contributed by atoms with van der Waals surface area (Å²) in [6.45, 7) is 3.77. The van der Waals surface area contributed by atoms with Crippen LogP contribution in [0.3, 0.4) is 0 Å². The third-order valence-electron chi connectivity index (χ3n) is 3.66. The highest BCUT2D eigenvalue weighted by molar-refractivity contribution is 5.77. The predicted octanol–water partition coefficient (Wildman–Crippen LogP) is 2.99. The molecule has 0 saturated heterocycles. The van der Waals surface area contributed by atoms with E-state index in [0.29, 0.717) is 29.2 Å². The number of nitro groups is 1. The number of benzene rings is 2. The Hall–Kier alpha value is -4.01. The summed E-state index contributed by atoms with van der Waals surface area (Å²) in [6.07, 6.45) is 1.58. The van der Waals surface area contributed by atoms with Gasteiger partial charge in [0.25, 0.3) is 17.5 Å². The number of rotatable bonds is 8. The number of nitrogens with zero attached hydrogens (tertiary/aromatic N) is 3. The fraction of sp³-hybridized carbons (Fsp3) is 0.105. The van der Waals surface area contributed by atoms with Gasteiger partial charge in [-0.3, -0.25) is 14.9 Å². The van der Waals surface area contributed by atoms with Crippen LogP contribution in [-0.4, -0.2) is 34.1 Å². The summed E-state index contributed by atoms with van der Waals surface area (Å²) >= 11 is 0. The molecule has 0 atom stereocenters. The maximum absolute atomic E-state index is 11.6. The van der Waals surface area contributed by atoms with Crippen LogP contribution >= 0.6 is 0 Å². The van der Waals surface area contributed by atoms with Crippen molar-refractivity contribution in [3.05, 3.63) is 71.3 Å². The third-order valence-corrected chi connectivity index (χ3v) is 3.66.